The molecule has 3 unspecified atom stereocenters. The average Bonchev–Trinajstić information content (AvgIpc) is 2.85. The smallest absolute Gasteiger partial charge is 0.0366 e. The molecule has 0 spiro atoms. The molecule has 3 atom stereocenters. The standard InChI is InChI=1S/C16H26N2/c1-4-13-6-7-14(10-13)16(18-5-2)15-11-17-9-8-12(15)3/h8-9,11,13-14,16,18H,4-7,10H2,1-3H3. The van der Waals surface area contributed by atoms with Gasteiger partial charge in [-0.25, -0.2) is 0 Å². The molecule has 0 amide bonds. The Morgan fingerprint density at radius 3 is 2.83 bits per heavy atom. The summed E-state index contributed by atoms with van der Waals surface area (Å²) in [5, 5.41) is 3.69. The molecule has 0 saturated heterocycles. The summed E-state index contributed by atoms with van der Waals surface area (Å²) < 4.78 is 0. The molecule has 0 aromatic carbocycles. The van der Waals surface area contributed by atoms with Crippen LogP contribution in [0.15, 0.2) is 18.5 Å². The van der Waals surface area contributed by atoms with Crippen molar-refractivity contribution in [2.45, 2.75) is 52.5 Å². The number of aryl methyl sites for hydroxylation is 1. The van der Waals surface area contributed by atoms with Gasteiger partial charge in [0.2, 0.25) is 0 Å². The first-order valence-corrected chi connectivity index (χ1v) is 7.40. The van der Waals surface area contributed by atoms with Gasteiger partial charge in [-0.15, -0.1) is 0 Å². The van der Waals surface area contributed by atoms with E-state index in [0.717, 1.165) is 18.4 Å². The van der Waals surface area contributed by atoms with Crippen molar-refractivity contribution in [1.82, 2.24) is 10.3 Å². The lowest BCUT2D eigenvalue weighted by Gasteiger charge is -2.26. The summed E-state index contributed by atoms with van der Waals surface area (Å²) in [6.45, 7) is 7.76. The molecule has 1 N–H and O–H groups in total. The molecule has 1 heterocycles. The first kappa shape index (κ1) is 13.5. The summed E-state index contributed by atoms with van der Waals surface area (Å²) in [6.07, 6.45) is 9.43. The summed E-state index contributed by atoms with van der Waals surface area (Å²) in [7, 11) is 0. The van der Waals surface area contributed by atoms with Crippen molar-refractivity contribution in [3.05, 3.63) is 29.6 Å². The second kappa shape index (κ2) is 6.33. The highest BCUT2D eigenvalue weighted by Gasteiger charge is 2.31. The maximum Gasteiger partial charge on any atom is 0.0366 e. The van der Waals surface area contributed by atoms with Gasteiger partial charge >= 0.3 is 0 Å². The van der Waals surface area contributed by atoms with Crippen molar-refractivity contribution in [2.75, 3.05) is 6.54 Å². The molecule has 1 aliphatic rings. The summed E-state index contributed by atoms with van der Waals surface area (Å²) in [5.74, 6) is 1.73. The van der Waals surface area contributed by atoms with E-state index in [1.807, 2.05) is 6.20 Å². The lowest BCUT2D eigenvalue weighted by atomic mass is 9.89. The van der Waals surface area contributed by atoms with Crippen LogP contribution in [0, 0.1) is 18.8 Å². The lowest BCUT2D eigenvalue weighted by molar-refractivity contribution is 0.357. The maximum atomic E-state index is 4.32. The van der Waals surface area contributed by atoms with E-state index < -0.39 is 0 Å². The van der Waals surface area contributed by atoms with Gasteiger partial charge in [-0.3, -0.25) is 4.98 Å². The van der Waals surface area contributed by atoms with Gasteiger partial charge in [-0.05, 0) is 55.3 Å². The van der Waals surface area contributed by atoms with Gasteiger partial charge in [0.15, 0.2) is 0 Å². The van der Waals surface area contributed by atoms with E-state index in [0.29, 0.717) is 6.04 Å². The van der Waals surface area contributed by atoms with Crippen molar-refractivity contribution >= 4 is 0 Å². The van der Waals surface area contributed by atoms with Crippen molar-refractivity contribution in [2.24, 2.45) is 11.8 Å². The van der Waals surface area contributed by atoms with E-state index >= 15 is 0 Å². The molecule has 2 heteroatoms. The molecule has 1 saturated carbocycles. The van der Waals surface area contributed by atoms with Crippen LogP contribution in [0.2, 0.25) is 0 Å². The minimum atomic E-state index is 0.500. The third-order valence-electron chi connectivity index (χ3n) is 4.47. The molecule has 2 rings (SSSR count). The van der Waals surface area contributed by atoms with Crippen LogP contribution in [0.1, 0.15) is 56.7 Å². The number of aromatic nitrogens is 1. The number of nitrogens with one attached hydrogen (secondary N) is 1. The van der Waals surface area contributed by atoms with Crippen molar-refractivity contribution in [1.29, 1.82) is 0 Å². The van der Waals surface area contributed by atoms with Crippen LogP contribution in [-0.2, 0) is 0 Å². The van der Waals surface area contributed by atoms with E-state index in [-0.39, 0.29) is 0 Å². The predicted octanol–water partition coefficient (Wildman–Crippen LogP) is 3.87. The zero-order valence-corrected chi connectivity index (χ0v) is 11.9. The van der Waals surface area contributed by atoms with Crippen LogP contribution in [0.4, 0.5) is 0 Å². The molecule has 1 aromatic heterocycles. The van der Waals surface area contributed by atoms with Gasteiger partial charge in [-0.1, -0.05) is 26.7 Å². The maximum absolute atomic E-state index is 4.32. The Bertz CT molecular complexity index is 375. The SMILES string of the molecule is CCNC(c1cnccc1C)C1CCC(CC)C1. The first-order valence-electron chi connectivity index (χ1n) is 7.40. The first-order chi connectivity index (χ1) is 8.76. The number of rotatable bonds is 5. The van der Waals surface area contributed by atoms with Crippen LogP contribution in [0.3, 0.4) is 0 Å². The summed E-state index contributed by atoms with van der Waals surface area (Å²) >= 11 is 0. The summed E-state index contributed by atoms with van der Waals surface area (Å²) in [4.78, 5) is 4.32. The minimum absolute atomic E-state index is 0.500. The van der Waals surface area contributed by atoms with Gasteiger partial charge in [0.05, 0.1) is 0 Å². The Morgan fingerprint density at radius 2 is 2.22 bits per heavy atom. The summed E-state index contributed by atoms with van der Waals surface area (Å²) in [6, 6.07) is 2.63. The second-order valence-electron chi connectivity index (χ2n) is 5.62. The van der Waals surface area contributed by atoms with Crippen molar-refractivity contribution < 1.29 is 0 Å². The van der Waals surface area contributed by atoms with Crippen molar-refractivity contribution in [3.8, 4) is 0 Å². The zero-order chi connectivity index (χ0) is 13.0. The van der Waals surface area contributed by atoms with Crippen LogP contribution >= 0.6 is 0 Å². The van der Waals surface area contributed by atoms with Gasteiger partial charge in [0.1, 0.15) is 0 Å². The lowest BCUT2D eigenvalue weighted by Crippen LogP contribution is -2.28. The largest absolute Gasteiger partial charge is 0.310 e. The topological polar surface area (TPSA) is 24.9 Å². The molecule has 0 aliphatic heterocycles. The molecule has 2 nitrogen and oxygen atoms in total. The Balaban J connectivity index is 2.16. The quantitative estimate of drug-likeness (QED) is 0.853. The molecule has 100 valence electrons. The Morgan fingerprint density at radius 1 is 1.39 bits per heavy atom. The highest BCUT2D eigenvalue weighted by atomic mass is 14.9. The van der Waals surface area contributed by atoms with Gasteiger partial charge in [0.25, 0.3) is 0 Å². The average molecular weight is 246 g/mol. The van der Waals surface area contributed by atoms with E-state index in [4.69, 9.17) is 0 Å². The van der Waals surface area contributed by atoms with Gasteiger partial charge in [0, 0.05) is 18.4 Å². The number of hydrogen-bond acceptors (Lipinski definition) is 2. The van der Waals surface area contributed by atoms with Crippen LogP contribution in [0.25, 0.3) is 0 Å². The van der Waals surface area contributed by atoms with Gasteiger partial charge < -0.3 is 5.32 Å². The summed E-state index contributed by atoms with van der Waals surface area (Å²) in [5.41, 5.74) is 2.78. The molecule has 1 fully saturated rings. The Kier molecular flexibility index (Phi) is 4.76. The Labute approximate surface area is 111 Å². The third-order valence-corrected chi connectivity index (χ3v) is 4.47. The third kappa shape index (κ3) is 2.92. The number of hydrogen-bond donors (Lipinski definition) is 1. The van der Waals surface area contributed by atoms with Crippen LogP contribution in [-0.4, -0.2) is 11.5 Å². The zero-order valence-electron chi connectivity index (χ0n) is 11.9. The molecule has 0 bridgehead atoms. The predicted molar refractivity (Wildman–Crippen MR) is 76.5 cm³/mol. The van der Waals surface area contributed by atoms with E-state index in [9.17, 15) is 0 Å². The van der Waals surface area contributed by atoms with E-state index in [2.05, 4.69) is 43.3 Å². The molecule has 0 radical (unpaired) electrons. The molecule has 18 heavy (non-hydrogen) atoms. The van der Waals surface area contributed by atoms with Crippen LogP contribution < -0.4 is 5.32 Å². The Hall–Kier alpha value is -0.890. The monoisotopic (exact) mass is 246 g/mol. The highest BCUT2D eigenvalue weighted by Crippen LogP contribution is 2.40. The molecular weight excluding hydrogens is 220 g/mol. The second-order valence-corrected chi connectivity index (χ2v) is 5.62. The normalized spacial score (nSPS) is 25.3. The van der Waals surface area contributed by atoms with E-state index in [1.54, 1.807) is 0 Å². The van der Waals surface area contributed by atoms with Crippen molar-refractivity contribution in [3.63, 3.8) is 0 Å². The fourth-order valence-corrected chi connectivity index (χ4v) is 3.34. The highest BCUT2D eigenvalue weighted by molar-refractivity contribution is 5.26. The van der Waals surface area contributed by atoms with E-state index in [1.165, 1.54) is 36.8 Å². The fourth-order valence-electron chi connectivity index (χ4n) is 3.34. The molecular formula is C16H26N2. The fraction of sp³-hybridized carbons (Fsp3) is 0.688. The van der Waals surface area contributed by atoms with Gasteiger partial charge in [-0.2, -0.15) is 0 Å². The van der Waals surface area contributed by atoms with Crippen LogP contribution in [0.5, 0.6) is 0 Å². The molecule has 1 aromatic rings. The molecule has 1 aliphatic carbocycles. The number of pyridine rings is 1. The minimum Gasteiger partial charge on any atom is -0.310 e. The number of nitrogens with zero attached hydrogens (tertiary/aromatic N) is 1.